The number of nitrogens with one attached hydrogen (secondary N) is 2. The molecule has 1 aromatic heterocycles. The standard InChI is InChI=1S/C22H25N3O2S/c1-14-5-6-15(2)20-19(14)11-17(21(26)24-20)13-25(22(28)23-3)12-16-7-9-18(27-4)10-8-16/h5-11H,12-13H2,1-4H3,(H,23,28)(H,24,26). The summed E-state index contributed by atoms with van der Waals surface area (Å²) in [5.74, 6) is 0.809. The van der Waals surface area contributed by atoms with Gasteiger partial charge in [-0.15, -0.1) is 0 Å². The summed E-state index contributed by atoms with van der Waals surface area (Å²) in [6, 6.07) is 13.9. The van der Waals surface area contributed by atoms with Gasteiger partial charge < -0.3 is 19.9 Å². The predicted octanol–water partition coefficient (Wildman–Crippen LogP) is 3.66. The first-order valence-electron chi connectivity index (χ1n) is 9.14. The van der Waals surface area contributed by atoms with Crippen LogP contribution in [0.2, 0.25) is 0 Å². The predicted molar refractivity (Wildman–Crippen MR) is 118 cm³/mol. The molecule has 0 fully saturated rings. The van der Waals surface area contributed by atoms with E-state index in [-0.39, 0.29) is 5.56 Å². The first-order chi connectivity index (χ1) is 13.4. The Kier molecular flexibility index (Phi) is 5.99. The van der Waals surface area contributed by atoms with Gasteiger partial charge in [-0.1, -0.05) is 24.3 Å². The molecule has 146 valence electrons. The van der Waals surface area contributed by atoms with Crippen LogP contribution in [-0.4, -0.2) is 29.2 Å². The number of aryl methyl sites for hydroxylation is 2. The number of hydrogen-bond acceptors (Lipinski definition) is 3. The Morgan fingerprint density at radius 2 is 1.79 bits per heavy atom. The monoisotopic (exact) mass is 395 g/mol. The zero-order chi connectivity index (χ0) is 20.3. The second-order valence-corrected chi connectivity index (χ2v) is 7.26. The molecule has 0 aliphatic heterocycles. The van der Waals surface area contributed by atoms with Gasteiger partial charge >= 0.3 is 0 Å². The Morgan fingerprint density at radius 3 is 2.43 bits per heavy atom. The number of thiocarbonyl (C=S) groups is 1. The molecule has 0 bridgehead atoms. The van der Waals surface area contributed by atoms with Gasteiger partial charge in [0, 0.05) is 24.5 Å². The molecule has 1 heterocycles. The highest BCUT2D eigenvalue weighted by Crippen LogP contribution is 2.21. The largest absolute Gasteiger partial charge is 0.497 e. The third-order valence-corrected chi connectivity index (χ3v) is 5.38. The van der Waals surface area contributed by atoms with Crippen molar-refractivity contribution in [2.75, 3.05) is 14.2 Å². The molecule has 0 spiro atoms. The molecule has 0 unspecified atom stereocenters. The molecule has 0 saturated heterocycles. The molecule has 0 aliphatic carbocycles. The molecule has 6 heteroatoms. The van der Waals surface area contributed by atoms with Crippen LogP contribution < -0.4 is 15.6 Å². The summed E-state index contributed by atoms with van der Waals surface area (Å²) in [6.45, 7) is 5.07. The van der Waals surface area contributed by atoms with E-state index in [4.69, 9.17) is 17.0 Å². The summed E-state index contributed by atoms with van der Waals surface area (Å²) in [5.41, 5.74) is 4.78. The summed E-state index contributed by atoms with van der Waals surface area (Å²) >= 11 is 5.49. The van der Waals surface area contributed by atoms with Crippen molar-refractivity contribution in [3.8, 4) is 5.75 Å². The number of benzene rings is 2. The normalized spacial score (nSPS) is 10.7. The minimum atomic E-state index is -0.0835. The van der Waals surface area contributed by atoms with E-state index >= 15 is 0 Å². The fraction of sp³-hybridized carbons (Fsp3) is 0.273. The fourth-order valence-corrected chi connectivity index (χ4v) is 3.38. The molecule has 0 atom stereocenters. The van der Waals surface area contributed by atoms with Gasteiger partial charge in [-0.2, -0.15) is 0 Å². The van der Waals surface area contributed by atoms with Gasteiger partial charge in [0.1, 0.15) is 5.75 Å². The van der Waals surface area contributed by atoms with Crippen LogP contribution in [0.1, 0.15) is 22.3 Å². The van der Waals surface area contributed by atoms with Crippen molar-refractivity contribution >= 4 is 28.2 Å². The Labute approximate surface area is 170 Å². The number of rotatable bonds is 5. The van der Waals surface area contributed by atoms with E-state index in [1.807, 2.05) is 48.2 Å². The Hall–Kier alpha value is -2.86. The Balaban J connectivity index is 1.94. The van der Waals surface area contributed by atoms with Crippen molar-refractivity contribution in [1.82, 2.24) is 15.2 Å². The van der Waals surface area contributed by atoms with Crippen molar-refractivity contribution in [2.45, 2.75) is 26.9 Å². The quantitative estimate of drug-likeness (QED) is 0.646. The zero-order valence-electron chi connectivity index (χ0n) is 16.6. The topological polar surface area (TPSA) is 57.4 Å². The van der Waals surface area contributed by atoms with Crippen molar-refractivity contribution in [3.05, 3.63) is 75.1 Å². The van der Waals surface area contributed by atoms with E-state index in [0.717, 1.165) is 33.3 Å². The molecule has 0 saturated carbocycles. The molecule has 0 amide bonds. The summed E-state index contributed by atoms with van der Waals surface area (Å²) in [4.78, 5) is 17.7. The van der Waals surface area contributed by atoms with E-state index in [2.05, 4.69) is 23.3 Å². The molecule has 28 heavy (non-hydrogen) atoms. The summed E-state index contributed by atoms with van der Waals surface area (Å²) < 4.78 is 5.22. The fourth-order valence-electron chi connectivity index (χ4n) is 3.25. The minimum absolute atomic E-state index is 0.0835. The average Bonchev–Trinajstić information content (AvgIpc) is 2.71. The van der Waals surface area contributed by atoms with Crippen LogP contribution in [-0.2, 0) is 13.1 Å². The number of aromatic amines is 1. The molecule has 0 radical (unpaired) electrons. The van der Waals surface area contributed by atoms with Gasteiger partial charge in [-0.3, -0.25) is 4.79 Å². The van der Waals surface area contributed by atoms with Crippen LogP contribution in [0.4, 0.5) is 0 Å². The minimum Gasteiger partial charge on any atom is -0.497 e. The maximum Gasteiger partial charge on any atom is 0.253 e. The lowest BCUT2D eigenvalue weighted by Crippen LogP contribution is -2.38. The highest BCUT2D eigenvalue weighted by molar-refractivity contribution is 7.80. The van der Waals surface area contributed by atoms with E-state index in [9.17, 15) is 4.79 Å². The summed E-state index contributed by atoms with van der Waals surface area (Å²) in [7, 11) is 3.44. The van der Waals surface area contributed by atoms with Crippen LogP contribution >= 0.6 is 12.2 Å². The van der Waals surface area contributed by atoms with Crippen molar-refractivity contribution < 1.29 is 4.74 Å². The van der Waals surface area contributed by atoms with Crippen molar-refractivity contribution in [1.29, 1.82) is 0 Å². The van der Waals surface area contributed by atoms with Crippen LogP contribution in [0.5, 0.6) is 5.75 Å². The number of nitrogens with zero attached hydrogens (tertiary/aromatic N) is 1. The van der Waals surface area contributed by atoms with Gasteiger partial charge in [0.2, 0.25) is 0 Å². The van der Waals surface area contributed by atoms with E-state index in [1.54, 1.807) is 14.2 Å². The summed E-state index contributed by atoms with van der Waals surface area (Å²) in [5, 5.41) is 4.68. The first kappa shape index (κ1) is 19.9. The second-order valence-electron chi connectivity index (χ2n) is 6.87. The average molecular weight is 396 g/mol. The van der Waals surface area contributed by atoms with Crippen LogP contribution in [0.25, 0.3) is 10.9 Å². The van der Waals surface area contributed by atoms with Crippen molar-refractivity contribution in [2.24, 2.45) is 0 Å². The zero-order valence-corrected chi connectivity index (χ0v) is 17.4. The molecular formula is C22H25N3O2S. The lowest BCUT2D eigenvalue weighted by atomic mass is 10.0. The van der Waals surface area contributed by atoms with Crippen molar-refractivity contribution in [3.63, 3.8) is 0 Å². The molecule has 2 aromatic carbocycles. The number of methoxy groups -OCH3 is 1. The van der Waals surface area contributed by atoms with Gasteiger partial charge in [0.25, 0.3) is 5.56 Å². The number of hydrogen-bond donors (Lipinski definition) is 2. The number of fused-ring (bicyclic) bond motifs is 1. The second kappa shape index (κ2) is 8.44. The summed E-state index contributed by atoms with van der Waals surface area (Å²) in [6.07, 6.45) is 0. The van der Waals surface area contributed by atoms with Gasteiger partial charge in [-0.25, -0.2) is 0 Å². The number of H-pyrrole nitrogens is 1. The highest BCUT2D eigenvalue weighted by atomic mass is 32.1. The smallest absolute Gasteiger partial charge is 0.253 e. The lowest BCUT2D eigenvalue weighted by molar-refractivity contribution is 0.398. The maximum atomic E-state index is 12.7. The van der Waals surface area contributed by atoms with E-state index in [0.29, 0.717) is 23.8 Å². The SMILES string of the molecule is CNC(=S)N(Cc1ccc(OC)cc1)Cc1cc2c(C)ccc(C)c2[nH]c1=O. The van der Waals surface area contributed by atoms with E-state index in [1.165, 1.54) is 0 Å². The van der Waals surface area contributed by atoms with Gasteiger partial charge in [0.05, 0.1) is 19.2 Å². The number of pyridine rings is 1. The van der Waals surface area contributed by atoms with Crippen LogP contribution in [0.15, 0.2) is 47.3 Å². The van der Waals surface area contributed by atoms with E-state index < -0.39 is 0 Å². The molecule has 0 aliphatic rings. The van der Waals surface area contributed by atoms with Crippen LogP contribution in [0, 0.1) is 13.8 Å². The Morgan fingerprint density at radius 1 is 1.11 bits per heavy atom. The number of ether oxygens (including phenoxy) is 1. The lowest BCUT2D eigenvalue weighted by Gasteiger charge is -2.25. The molecule has 3 aromatic rings. The number of aromatic nitrogens is 1. The van der Waals surface area contributed by atoms with Gasteiger partial charge in [-0.05, 0) is 61.0 Å². The Bertz CT molecular complexity index is 1060. The van der Waals surface area contributed by atoms with Crippen LogP contribution in [0.3, 0.4) is 0 Å². The maximum absolute atomic E-state index is 12.7. The van der Waals surface area contributed by atoms with Gasteiger partial charge in [0.15, 0.2) is 5.11 Å². The molecule has 2 N–H and O–H groups in total. The third kappa shape index (κ3) is 4.17. The highest BCUT2D eigenvalue weighted by Gasteiger charge is 2.14. The molecule has 5 nitrogen and oxygen atoms in total. The molecular weight excluding hydrogens is 370 g/mol. The molecule has 3 rings (SSSR count). The third-order valence-electron chi connectivity index (χ3n) is 4.92. The first-order valence-corrected chi connectivity index (χ1v) is 9.55.